The van der Waals surface area contributed by atoms with Gasteiger partial charge in [-0.15, -0.1) is 0 Å². The van der Waals surface area contributed by atoms with E-state index in [0.717, 1.165) is 5.56 Å². The predicted molar refractivity (Wildman–Crippen MR) is 101 cm³/mol. The van der Waals surface area contributed by atoms with Crippen LogP contribution in [0.2, 0.25) is 10.0 Å². The summed E-state index contributed by atoms with van der Waals surface area (Å²) in [4.78, 5) is 14.3. The number of benzene rings is 2. The van der Waals surface area contributed by atoms with Crippen molar-refractivity contribution >= 4 is 34.8 Å². The summed E-state index contributed by atoms with van der Waals surface area (Å²) >= 11 is 12.0. The summed E-state index contributed by atoms with van der Waals surface area (Å²) in [6, 6.07) is 16.7. The molecule has 0 saturated heterocycles. The van der Waals surface area contributed by atoms with Gasteiger partial charge in [-0.25, -0.2) is 0 Å². The highest BCUT2D eigenvalue weighted by molar-refractivity contribution is 6.44. The second-order valence-electron chi connectivity index (χ2n) is 5.26. The average molecular weight is 374 g/mol. The minimum absolute atomic E-state index is 0.00572. The van der Waals surface area contributed by atoms with Crippen molar-refractivity contribution in [3.05, 3.63) is 75.9 Å². The fourth-order valence-electron chi connectivity index (χ4n) is 2.18. The van der Waals surface area contributed by atoms with Crippen LogP contribution < -0.4 is 5.32 Å². The van der Waals surface area contributed by atoms with Crippen LogP contribution >= 0.6 is 23.2 Å². The summed E-state index contributed by atoms with van der Waals surface area (Å²) in [5.74, 6) is -0.529. The molecule has 4 nitrogen and oxygen atoms in total. The Bertz CT molecular complexity index is 813. The highest BCUT2D eigenvalue weighted by Crippen LogP contribution is 2.29. The number of carbonyl (C=O) groups is 1. The van der Waals surface area contributed by atoms with Crippen LogP contribution in [-0.2, 0) is 11.3 Å². The first-order valence-electron chi connectivity index (χ1n) is 7.70. The molecule has 2 rings (SSSR count). The van der Waals surface area contributed by atoms with Crippen molar-refractivity contribution in [3.8, 4) is 6.07 Å². The van der Waals surface area contributed by atoms with Gasteiger partial charge in [-0.05, 0) is 24.6 Å². The molecule has 0 atom stereocenters. The van der Waals surface area contributed by atoms with Crippen molar-refractivity contribution in [2.75, 3.05) is 11.9 Å². The largest absolute Gasteiger partial charge is 0.372 e. The van der Waals surface area contributed by atoms with E-state index in [1.165, 1.54) is 0 Å². The smallest absolute Gasteiger partial charge is 0.267 e. The van der Waals surface area contributed by atoms with Gasteiger partial charge in [-0.1, -0.05) is 59.6 Å². The van der Waals surface area contributed by atoms with E-state index in [9.17, 15) is 10.1 Å². The Labute approximate surface area is 157 Å². The molecule has 0 aliphatic rings. The molecule has 128 valence electrons. The second-order valence-corrected chi connectivity index (χ2v) is 6.04. The van der Waals surface area contributed by atoms with Gasteiger partial charge < -0.3 is 10.2 Å². The maximum Gasteiger partial charge on any atom is 0.267 e. The van der Waals surface area contributed by atoms with Crippen molar-refractivity contribution in [1.29, 1.82) is 5.26 Å². The molecule has 0 heterocycles. The summed E-state index contributed by atoms with van der Waals surface area (Å²) in [5.41, 5.74) is 1.46. The third kappa shape index (κ3) is 5.25. The molecular weight excluding hydrogens is 357 g/mol. The van der Waals surface area contributed by atoms with E-state index >= 15 is 0 Å². The van der Waals surface area contributed by atoms with Gasteiger partial charge in [-0.3, -0.25) is 4.79 Å². The first-order chi connectivity index (χ1) is 12.0. The molecule has 1 N–H and O–H groups in total. The molecule has 2 aromatic carbocycles. The molecule has 0 unspecified atom stereocenters. The lowest BCUT2D eigenvalue weighted by Gasteiger charge is -2.19. The van der Waals surface area contributed by atoms with Crippen molar-refractivity contribution in [3.63, 3.8) is 0 Å². The third-order valence-corrected chi connectivity index (χ3v) is 4.33. The van der Waals surface area contributed by atoms with Gasteiger partial charge in [0, 0.05) is 19.3 Å². The molecule has 0 aliphatic heterocycles. The number of nitrogens with zero attached hydrogens (tertiary/aromatic N) is 2. The van der Waals surface area contributed by atoms with Crippen molar-refractivity contribution in [1.82, 2.24) is 4.90 Å². The minimum atomic E-state index is -0.529. The first-order valence-corrected chi connectivity index (χ1v) is 8.46. The number of amides is 1. The molecule has 0 fully saturated rings. The highest BCUT2D eigenvalue weighted by Gasteiger charge is 2.14. The van der Waals surface area contributed by atoms with Crippen molar-refractivity contribution in [2.24, 2.45) is 0 Å². The SMILES string of the molecule is CCN(/C=C(/C#N)C(=O)Nc1cccc(Cl)c1Cl)Cc1ccccc1. The fraction of sp³-hybridized carbons (Fsp3) is 0.158. The van der Waals surface area contributed by atoms with E-state index in [-0.39, 0.29) is 10.6 Å². The van der Waals surface area contributed by atoms with Crippen LogP contribution in [0.5, 0.6) is 0 Å². The molecule has 25 heavy (non-hydrogen) atoms. The molecule has 0 spiro atoms. The maximum atomic E-state index is 12.4. The van der Waals surface area contributed by atoms with Gasteiger partial charge in [0.15, 0.2) is 0 Å². The standard InChI is InChI=1S/C19H17Cl2N3O/c1-2-24(12-14-7-4-3-5-8-14)13-15(11-22)19(25)23-17-10-6-9-16(20)18(17)21/h3-10,13H,2,12H2,1H3,(H,23,25)/b15-13-. The van der Waals surface area contributed by atoms with E-state index in [1.807, 2.05) is 48.2 Å². The highest BCUT2D eigenvalue weighted by atomic mass is 35.5. The average Bonchev–Trinajstić information content (AvgIpc) is 2.63. The van der Waals surface area contributed by atoms with E-state index in [2.05, 4.69) is 5.32 Å². The lowest BCUT2D eigenvalue weighted by Crippen LogP contribution is -2.21. The zero-order valence-corrected chi connectivity index (χ0v) is 15.2. The Morgan fingerprint density at radius 3 is 2.56 bits per heavy atom. The molecule has 0 bridgehead atoms. The van der Waals surface area contributed by atoms with Crippen molar-refractivity contribution in [2.45, 2.75) is 13.5 Å². The topological polar surface area (TPSA) is 56.1 Å². The van der Waals surface area contributed by atoms with Gasteiger partial charge in [0.25, 0.3) is 5.91 Å². The second kappa shape index (κ2) is 9.12. The van der Waals surface area contributed by atoms with Crippen LogP contribution in [-0.4, -0.2) is 17.4 Å². The number of halogens is 2. The quantitative estimate of drug-likeness (QED) is 0.580. The first kappa shape index (κ1) is 18.9. The number of anilines is 1. The lowest BCUT2D eigenvalue weighted by atomic mass is 10.2. The molecule has 0 aliphatic carbocycles. The van der Waals surface area contributed by atoms with Gasteiger partial charge in [-0.2, -0.15) is 5.26 Å². The minimum Gasteiger partial charge on any atom is -0.372 e. The summed E-state index contributed by atoms with van der Waals surface area (Å²) in [6.07, 6.45) is 1.56. The van der Waals surface area contributed by atoms with Crippen LogP contribution in [0.3, 0.4) is 0 Å². The molecule has 6 heteroatoms. The van der Waals surface area contributed by atoms with Gasteiger partial charge in [0.1, 0.15) is 11.6 Å². The molecule has 0 aromatic heterocycles. The van der Waals surface area contributed by atoms with Gasteiger partial charge in [0.05, 0.1) is 15.7 Å². The Morgan fingerprint density at radius 2 is 1.92 bits per heavy atom. The number of nitriles is 1. The third-order valence-electron chi connectivity index (χ3n) is 3.51. The van der Waals surface area contributed by atoms with Crippen LogP contribution in [0.15, 0.2) is 60.3 Å². The number of nitrogens with one attached hydrogen (secondary N) is 1. The Kier molecular flexibility index (Phi) is 6.88. The van der Waals surface area contributed by atoms with Crippen LogP contribution in [0.25, 0.3) is 0 Å². The van der Waals surface area contributed by atoms with E-state index in [0.29, 0.717) is 23.8 Å². The number of hydrogen-bond acceptors (Lipinski definition) is 3. The zero-order chi connectivity index (χ0) is 18.2. The summed E-state index contributed by atoms with van der Waals surface area (Å²) in [5, 5.41) is 12.5. The van der Waals surface area contributed by atoms with E-state index in [1.54, 1.807) is 24.4 Å². The zero-order valence-electron chi connectivity index (χ0n) is 13.7. The predicted octanol–water partition coefficient (Wildman–Crippen LogP) is 4.86. The molecule has 1 amide bonds. The monoisotopic (exact) mass is 373 g/mol. The van der Waals surface area contributed by atoms with E-state index in [4.69, 9.17) is 23.2 Å². The molecule has 0 saturated carbocycles. The Hall–Kier alpha value is -2.48. The van der Waals surface area contributed by atoms with Crippen LogP contribution in [0.4, 0.5) is 5.69 Å². The Balaban J connectivity index is 2.16. The number of carbonyl (C=O) groups excluding carboxylic acids is 1. The maximum absolute atomic E-state index is 12.4. The summed E-state index contributed by atoms with van der Waals surface area (Å²) < 4.78 is 0. The number of rotatable bonds is 6. The van der Waals surface area contributed by atoms with Gasteiger partial charge in [0.2, 0.25) is 0 Å². The van der Waals surface area contributed by atoms with Crippen molar-refractivity contribution < 1.29 is 4.79 Å². The summed E-state index contributed by atoms with van der Waals surface area (Å²) in [7, 11) is 0. The van der Waals surface area contributed by atoms with Crippen LogP contribution in [0.1, 0.15) is 12.5 Å². The van der Waals surface area contributed by atoms with Crippen LogP contribution in [0, 0.1) is 11.3 Å². The molecular formula is C19H17Cl2N3O. The molecule has 2 aromatic rings. The fourth-order valence-corrected chi connectivity index (χ4v) is 2.53. The normalized spacial score (nSPS) is 10.9. The van der Waals surface area contributed by atoms with Gasteiger partial charge >= 0.3 is 0 Å². The number of hydrogen-bond donors (Lipinski definition) is 1. The lowest BCUT2D eigenvalue weighted by molar-refractivity contribution is -0.112. The summed E-state index contributed by atoms with van der Waals surface area (Å²) in [6.45, 7) is 3.22. The molecule has 0 radical (unpaired) electrons. The Morgan fingerprint density at radius 1 is 1.20 bits per heavy atom. The van der Waals surface area contributed by atoms with E-state index < -0.39 is 5.91 Å².